The second kappa shape index (κ2) is 9.69. The Morgan fingerprint density at radius 1 is 0.935 bits per heavy atom. The highest BCUT2D eigenvalue weighted by Gasteiger charge is 2.28. The second-order valence-corrected chi connectivity index (χ2v) is 8.71. The molecule has 2 aromatic rings. The van der Waals surface area contributed by atoms with Crippen LogP contribution in [0.25, 0.3) is 0 Å². The lowest BCUT2D eigenvalue weighted by Crippen LogP contribution is -2.41. The maximum absolute atomic E-state index is 13.1. The predicted molar refractivity (Wildman–Crippen MR) is 121 cm³/mol. The van der Waals surface area contributed by atoms with Gasteiger partial charge in [-0.05, 0) is 74.6 Å². The minimum Gasteiger partial charge on any atom is -0.370 e. The van der Waals surface area contributed by atoms with Crippen LogP contribution in [0.1, 0.15) is 42.5 Å². The number of hydrogen-bond acceptors (Lipinski definition) is 3. The molecule has 2 fully saturated rings. The fourth-order valence-electron chi connectivity index (χ4n) is 4.37. The third kappa shape index (κ3) is 5.18. The molecule has 0 unspecified atom stereocenters. The quantitative estimate of drug-likeness (QED) is 0.726. The summed E-state index contributed by atoms with van der Waals surface area (Å²) in [5.74, 6) is -0.683. The molecule has 2 amide bonds. The van der Waals surface area contributed by atoms with Crippen molar-refractivity contribution in [3.63, 3.8) is 0 Å². The first-order valence-electron chi connectivity index (χ1n) is 10.9. The van der Waals surface area contributed by atoms with Crippen LogP contribution in [0.5, 0.6) is 0 Å². The largest absolute Gasteiger partial charge is 0.370 e. The molecule has 2 aliphatic heterocycles. The maximum Gasteiger partial charge on any atom is 0.253 e. The van der Waals surface area contributed by atoms with Crippen LogP contribution in [0.3, 0.4) is 0 Å². The molecule has 4 rings (SSSR count). The smallest absolute Gasteiger partial charge is 0.253 e. The zero-order chi connectivity index (χ0) is 21.8. The molecule has 5 nitrogen and oxygen atoms in total. The summed E-state index contributed by atoms with van der Waals surface area (Å²) in [7, 11) is 0. The summed E-state index contributed by atoms with van der Waals surface area (Å²) in [5.41, 5.74) is 2.24. The molecule has 31 heavy (non-hydrogen) atoms. The van der Waals surface area contributed by atoms with Crippen LogP contribution >= 0.6 is 11.6 Å². The molecule has 0 saturated carbocycles. The number of nitrogens with zero attached hydrogens (tertiary/aromatic N) is 2. The van der Waals surface area contributed by atoms with Crippen molar-refractivity contribution in [3.8, 4) is 0 Å². The van der Waals surface area contributed by atoms with Crippen molar-refractivity contribution in [1.29, 1.82) is 0 Å². The number of amides is 2. The molecule has 0 radical (unpaired) electrons. The van der Waals surface area contributed by atoms with Gasteiger partial charge in [-0.15, -0.1) is 0 Å². The fourth-order valence-corrected chi connectivity index (χ4v) is 4.55. The Morgan fingerprint density at radius 2 is 1.61 bits per heavy atom. The lowest BCUT2D eigenvalue weighted by Gasteiger charge is -2.33. The summed E-state index contributed by atoms with van der Waals surface area (Å²) in [6.07, 6.45) is 4.73. The van der Waals surface area contributed by atoms with Crippen LogP contribution in [0.15, 0.2) is 42.5 Å². The van der Waals surface area contributed by atoms with E-state index in [2.05, 4.69) is 10.2 Å². The van der Waals surface area contributed by atoms with E-state index >= 15 is 0 Å². The van der Waals surface area contributed by atoms with E-state index in [-0.39, 0.29) is 23.5 Å². The molecule has 2 heterocycles. The number of piperidine rings is 2. The number of likely N-dealkylation sites (tertiary alicyclic amines) is 1. The fraction of sp³-hybridized carbons (Fsp3) is 0.417. The number of anilines is 2. The molecule has 2 aromatic carbocycles. The van der Waals surface area contributed by atoms with E-state index in [4.69, 9.17) is 11.6 Å². The number of carbonyl (C=O) groups excluding carboxylic acids is 2. The Labute approximate surface area is 187 Å². The number of halogens is 2. The van der Waals surface area contributed by atoms with Crippen molar-refractivity contribution in [3.05, 3.63) is 58.9 Å². The van der Waals surface area contributed by atoms with Crippen LogP contribution in [-0.4, -0.2) is 42.9 Å². The van der Waals surface area contributed by atoms with Crippen molar-refractivity contribution < 1.29 is 14.0 Å². The SMILES string of the molecule is O=C(Nc1cc(Cl)ccc1N1CCCCC1)C1CCN(C(=O)c2ccc(F)cc2)CC1. The number of rotatable bonds is 4. The first-order valence-corrected chi connectivity index (χ1v) is 11.3. The van der Waals surface area contributed by atoms with E-state index in [0.29, 0.717) is 36.5 Å². The van der Waals surface area contributed by atoms with E-state index in [1.165, 1.54) is 30.7 Å². The van der Waals surface area contributed by atoms with E-state index in [1.807, 2.05) is 18.2 Å². The van der Waals surface area contributed by atoms with E-state index in [1.54, 1.807) is 4.90 Å². The van der Waals surface area contributed by atoms with E-state index in [9.17, 15) is 14.0 Å². The Morgan fingerprint density at radius 3 is 2.29 bits per heavy atom. The monoisotopic (exact) mass is 443 g/mol. The summed E-state index contributed by atoms with van der Waals surface area (Å²) in [6.45, 7) is 2.97. The minimum absolute atomic E-state index is 0.0330. The van der Waals surface area contributed by atoms with Gasteiger partial charge in [0.05, 0.1) is 11.4 Å². The van der Waals surface area contributed by atoms with Gasteiger partial charge in [0.15, 0.2) is 0 Å². The number of benzene rings is 2. The zero-order valence-corrected chi connectivity index (χ0v) is 18.2. The van der Waals surface area contributed by atoms with Gasteiger partial charge < -0.3 is 15.1 Å². The predicted octanol–water partition coefficient (Wildman–Crippen LogP) is 4.96. The summed E-state index contributed by atoms with van der Waals surface area (Å²) < 4.78 is 13.1. The van der Waals surface area contributed by atoms with Gasteiger partial charge in [-0.25, -0.2) is 4.39 Å². The van der Waals surface area contributed by atoms with Gasteiger partial charge in [-0.1, -0.05) is 11.6 Å². The van der Waals surface area contributed by atoms with Gasteiger partial charge in [0.2, 0.25) is 5.91 Å². The molecule has 0 bridgehead atoms. The minimum atomic E-state index is -0.364. The lowest BCUT2D eigenvalue weighted by atomic mass is 9.95. The number of carbonyl (C=O) groups is 2. The molecule has 0 spiro atoms. The first-order chi connectivity index (χ1) is 15.0. The molecule has 164 valence electrons. The summed E-state index contributed by atoms with van der Waals surface area (Å²) in [5, 5.41) is 3.68. The number of hydrogen-bond donors (Lipinski definition) is 1. The average molecular weight is 444 g/mol. The Bertz CT molecular complexity index is 936. The Balaban J connectivity index is 1.38. The van der Waals surface area contributed by atoms with Crippen LogP contribution in [0.4, 0.5) is 15.8 Å². The maximum atomic E-state index is 13.1. The molecular formula is C24H27ClFN3O2. The highest BCUT2D eigenvalue weighted by molar-refractivity contribution is 6.31. The normalized spacial score (nSPS) is 17.5. The van der Waals surface area contributed by atoms with Crippen molar-refractivity contribution in [2.24, 2.45) is 5.92 Å². The molecule has 0 aromatic heterocycles. The Kier molecular flexibility index (Phi) is 6.76. The standard InChI is InChI=1S/C24H27ClFN3O2/c25-19-6-9-22(28-12-2-1-3-13-28)21(16-19)27-23(30)17-10-14-29(15-11-17)24(31)18-4-7-20(26)8-5-18/h4-9,16-17H,1-3,10-15H2,(H,27,30). The molecule has 0 aliphatic carbocycles. The van der Waals surface area contributed by atoms with Gasteiger partial charge in [0, 0.05) is 42.7 Å². The summed E-state index contributed by atoms with van der Waals surface area (Å²) in [4.78, 5) is 29.6. The van der Waals surface area contributed by atoms with E-state index in [0.717, 1.165) is 37.3 Å². The molecule has 7 heteroatoms. The van der Waals surface area contributed by atoms with Gasteiger partial charge in [-0.2, -0.15) is 0 Å². The zero-order valence-electron chi connectivity index (χ0n) is 17.4. The van der Waals surface area contributed by atoms with E-state index < -0.39 is 0 Å². The third-order valence-electron chi connectivity index (χ3n) is 6.16. The van der Waals surface area contributed by atoms with Crippen LogP contribution in [-0.2, 0) is 4.79 Å². The van der Waals surface area contributed by atoms with Crippen molar-refractivity contribution in [1.82, 2.24) is 4.90 Å². The van der Waals surface area contributed by atoms with Crippen molar-refractivity contribution in [2.45, 2.75) is 32.1 Å². The highest BCUT2D eigenvalue weighted by Crippen LogP contribution is 2.32. The van der Waals surface area contributed by atoms with Gasteiger partial charge in [0.1, 0.15) is 5.82 Å². The molecule has 1 N–H and O–H groups in total. The van der Waals surface area contributed by atoms with Crippen LogP contribution < -0.4 is 10.2 Å². The van der Waals surface area contributed by atoms with Gasteiger partial charge in [-0.3, -0.25) is 9.59 Å². The molecule has 2 saturated heterocycles. The topological polar surface area (TPSA) is 52.7 Å². The van der Waals surface area contributed by atoms with Crippen molar-refractivity contribution >= 4 is 34.8 Å². The molecule has 2 aliphatic rings. The van der Waals surface area contributed by atoms with Crippen LogP contribution in [0.2, 0.25) is 5.02 Å². The average Bonchev–Trinajstić information content (AvgIpc) is 2.80. The van der Waals surface area contributed by atoms with Crippen molar-refractivity contribution in [2.75, 3.05) is 36.4 Å². The Hall–Kier alpha value is -2.60. The van der Waals surface area contributed by atoms with Gasteiger partial charge in [0.25, 0.3) is 5.91 Å². The molecule has 0 atom stereocenters. The van der Waals surface area contributed by atoms with Gasteiger partial charge >= 0.3 is 0 Å². The summed E-state index contributed by atoms with van der Waals surface area (Å²) >= 11 is 6.21. The highest BCUT2D eigenvalue weighted by atomic mass is 35.5. The van der Waals surface area contributed by atoms with Crippen LogP contribution in [0, 0.1) is 11.7 Å². The number of nitrogens with one attached hydrogen (secondary N) is 1. The second-order valence-electron chi connectivity index (χ2n) is 8.27. The lowest BCUT2D eigenvalue weighted by molar-refractivity contribution is -0.121. The molecular weight excluding hydrogens is 417 g/mol. The summed E-state index contributed by atoms with van der Waals surface area (Å²) in [6, 6.07) is 11.2. The first kappa shape index (κ1) is 21.6. The third-order valence-corrected chi connectivity index (χ3v) is 6.39.